The third-order valence-corrected chi connectivity index (χ3v) is 4.31. The van der Waals surface area contributed by atoms with Gasteiger partial charge in [-0.1, -0.05) is 0 Å². The Labute approximate surface area is 148 Å². The van der Waals surface area contributed by atoms with E-state index in [1.54, 1.807) is 6.92 Å². The summed E-state index contributed by atoms with van der Waals surface area (Å²) >= 11 is 0. The van der Waals surface area contributed by atoms with Crippen molar-refractivity contribution >= 4 is 28.9 Å². The maximum Gasteiger partial charge on any atom is 0.269 e. The van der Waals surface area contributed by atoms with Crippen molar-refractivity contribution in [3.63, 3.8) is 0 Å². The number of non-ortho nitro benzene ring substituents is 1. The smallest absolute Gasteiger partial charge is 0.269 e. The molecule has 0 aromatic heterocycles. The number of nitrogens with zero attached hydrogens (tertiary/aromatic N) is 2. The van der Waals surface area contributed by atoms with Crippen LogP contribution in [0.5, 0.6) is 0 Å². The van der Waals surface area contributed by atoms with Crippen LogP contribution >= 0.6 is 0 Å². The minimum Gasteiger partial charge on any atom is -0.326 e. The van der Waals surface area contributed by atoms with Crippen molar-refractivity contribution < 1.29 is 18.9 Å². The Balaban J connectivity index is 1.70. The van der Waals surface area contributed by atoms with Gasteiger partial charge in [0.05, 0.1) is 10.8 Å². The minimum atomic E-state index is -0.554. The Morgan fingerprint density at radius 1 is 1.27 bits per heavy atom. The zero-order chi connectivity index (χ0) is 18.8. The average Bonchev–Trinajstić information content (AvgIpc) is 2.99. The molecule has 1 N–H and O–H groups in total. The summed E-state index contributed by atoms with van der Waals surface area (Å²) in [6, 6.07) is 9.67. The molecule has 3 rings (SSSR count). The van der Waals surface area contributed by atoms with E-state index < -0.39 is 16.7 Å². The third-order valence-electron chi connectivity index (χ3n) is 4.31. The Bertz CT molecular complexity index is 883. The first-order chi connectivity index (χ1) is 12.3. The molecule has 134 valence electrons. The normalized spacial score (nSPS) is 16.6. The summed E-state index contributed by atoms with van der Waals surface area (Å²) in [5.41, 5.74) is 1.51. The molecular formula is C18H16FN3O4. The predicted octanol–water partition coefficient (Wildman–Crippen LogP) is 3.03. The van der Waals surface area contributed by atoms with Gasteiger partial charge in [-0.2, -0.15) is 0 Å². The van der Waals surface area contributed by atoms with Crippen LogP contribution in [0.15, 0.2) is 42.5 Å². The lowest BCUT2D eigenvalue weighted by Gasteiger charge is -2.17. The Kier molecular flexibility index (Phi) is 4.66. The number of nitrogens with one attached hydrogen (secondary N) is 1. The highest BCUT2D eigenvalue weighted by molar-refractivity contribution is 6.03. The first-order valence-electron chi connectivity index (χ1n) is 7.97. The lowest BCUT2D eigenvalue weighted by molar-refractivity contribution is -0.384. The van der Waals surface area contributed by atoms with E-state index in [1.165, 1.54) is 47.4 Å². The van der Waals surface area contributed by atoms with Crippen LogP contribution in [0.1, 0.15) is 12.0 Å². The van der Waals surface area contributed by atoms with Gasteiger partial charge in [-0.15, -0.1) is 0 Å². The van der Waals surface area contributed by atoms with Crippen molar-refractivity contribution in [3.8, 4) is 0 Å². The summed E-state index contributed by atoms with van der Waals surface area (Å²) in [6.45, 7) is 1.86. The molecule has 0 saturated carbocycles. The van der Waals surface area contributed by atoms with E-state index in [4.69, 9.17) is 0 Å². The van der Waals surface area contributed by atoms with Crippen LogP contribution in [0.25, 0.3) is 0 Å². The van der Waals surface area contributed by atoms with E-state index >= 15 is 0 Å². The van der Waals surface area contributed by atoms with Gasteiger partial charge in [0.15, 0.2) is 0 Å². The van der Waals surface area contributed by atoms with Gasteiger partial charge < -0.3 is 10.2 Å². The van der Waals surface area contributed by atoms with Crippen LogP contribution in [0.2, 0.25) is 0 Å². The highest BCUT2D eigenvalue weighted by atomic mass is 19.1. The molecule has 0 radical (unpaired) electrons. The molecule has 1 atom stereocenters. The second-order valence-corrected chi connectivity index (χ2v) is 6.13. The summed E-state index contributed by atoms with van der Waals surface area (Å²) in [5, 5.41) is 13.5. The van der Waals surface area contributed by atoms with Gasteiger partial charge in [0, 0.05) is 36.5 Å². The van der Waals surface area contributed by atoms with E-state index in [0.717, 1.165) is 0 Å². The number of carbonyl (C=O) groups excluding carboxylic acids is 2. The highest BCUT2D eigenvalue weighted by Gasteiger charge is 2.35. The second-order valence-electron chi connectivity index (χ2n) is 6.13. The van der Waals surface area contributed by atoms with Crippen molar-refractivity contribution in [2.24, 2.45) is 5.92 Å². The Morgan fingerprint density at radius 3 is 2.58 bits per heavy atom. The molecule has 2 aromatic carbocycles. The zero-order valence-electron chi connectivity index (χ0n) is 13.9. The second kappa shape index (κ2) is 6.91. The van der Waals surface area contributed by atoms with E-state index in [2.05, 4.69) is 5.32 Å². The Hall–Kier alpha value is -3.29. The summed E-state index contributed by atoms with van der Waals surface area (Å²) in [4.78, 5) is 36.4. The van der Waals surface area contributed by atoms with Crippen molar-refractivity contribution in [1.29, 1.82) is 0 Å². The third kappa shape index (κ3) is 3.53. The zero-order valence-corrected chi connectivity index (χ0v) is 13.9. The summed E-state index contributed by atoms with van der Waals surface area (Å²) < 4.78 is 13.0. The minimum absolute atomic E-state index is 0.0508. The number of hydrogen-bond donors (Lipinski definition) is 1. The number of benzene rings is 2. The maximum atomic E-state index is 13.0. The lowest BCUT2D eigenvalue weighted by Crippen LogP contribution is -2.28. The monoisotopic (exact) mass is 357 g/mol. The van der Waals surface area contributed by atoms with Crippen LogP contribution in [0, 0.1) is 28.8 Å². The van der Waals surface area contributed by atoms with Crippen LogP contribution in [0.4, 0.5) is 21.5 Å². The molecule has 1 heterocycles. The van der Waals surface area contributed by atoms with E-state index in [-0.39, 0.29) is 30.5 Å². The topological polar surface area (TPSA) is 92.5 Å². The highest BCUT2D eigenvalue weighted by Crippen LogP contribution is 2.27. The molecular weight excluding hydrogens is 341 g/mol. The van der Waals surface area contributed by atoms with Gasteiger partial charge in [0.25, 0.3) is 5.69 Å². The number of carbonyl (C=O) groups is 2. The molecule has 2 aromatic rings. The quantitative estimate of drug-likeness (QED) is 0.672. The Morgan fingerprint density at radius 2 is 1.96 bits per heavy atom. The van der Waals surface area contributed by atoms with Gasteiger partial charge >= 0.3 is 0 Å². The lowest BCUT2D eigenvalue weighted by atomic mass is 10.1. The predicted molar refractivity (Wildman–Crippen MR) is 93.3 cm³/mol. The number of halogens is 1. The molecule has 0 aliphatic carbocycles. The van der Waals surface area contributed by atoms with Gasteiger partial charge in [0.1, 0.15) is 5.82 Å². The van der Waals surface area contributed by atoms with Crippen LogP contribution in [-0.2, 0) is 9.59 Å². The number of nitro groups is 1. The molecule has 0 spiro atoms. The summed E-state index contributed by atoms with van der Waals surface area (Å²) in [7, 11) is 0. The van der Waals surface area contributed by atoms with Gasteiger partial charge in [-0.05, 0) is 42.8 Å². The largest absolute Gasteiger partial charge is 0.326 e. The molecule has 1 unspecified atom stereocenters. The molecule has 26 heavy (non-hydrogen) atoms. The number of aryl methyl sites for hydroxylation is 1. The molecule has 7 nitrogen and oxygen atoms in total. The van der Waals surface area contributed by atoms with Gasteiger partial charge in [-0.3, -0.25) is 19.7 Å². The molecule has 1 saturated heterocycles. The van der Waals surface area contributed by atoms with Crippen LogP contribution in [-0.4, -0.2) is 23.3 Å². The van der Waals surface area contributed by atoms with Crippen molar-refractivity contribution in [2.75, 3.05) is 16.8 Å². The maximum absolute atomic E-state index is 13.0. The molecule has 1 aliphatic heterocycles. The average molecular weight is 357 g/mol. The first kappa shape index (κ1) is 17.5. The number of amides is 2. The summed E-state index contributed by atoms with van der Waals surface area (Å²) in [5.74, 6) is -1.50. The van der Waals surface area contributed by atoms with Crippen molar-refractivity contribution in [2.45, 2.75) is 13.3 Å². The fourth-order valence-electron chi connectivity index (χ4n) is 2.89. The van der Waals surface area contributed by atoms with Crippen LogP contribution < -0.4 is 10.2 Å². The van der Waals surface area contributed by atoms with Crippen LogP contribution in [0.3, 0.4) is 0 Å². The number of hydrogen-bond acceptors (Lipinski definition) is 4. The fraction of sp³-hybridized carbons (Fsp3) is 0.222. The van der Waals surface area contributed by atoms with E-state index in [9.17, 15) is 24.1 Å². The van der Waals surface area contributed by atoms with E-state index in [1.807, 2.05) is 0 Å². The fourth-order valence-corrected chi connectivity index (χ4v) is 2.89. The molecule has 2 amide bonds. The molecule has 8 heteroatoms. The molecule has 0 bridgehead atoms. The number of nitro benzene ring substituents is 1. The van der Waals surface area contributed by atoms with Gasteiger partial charge in [0.2, 0.25) is 11.8 Å². The van der Waals surface area contributed by atoms with Gasteiger partial charge in [-0.25, -0.2) is 4.39 Å². The standard InChI is InChI=1S/C18H16FN3O4/c1-11-8-15(22(25)26)6-7-16(11)20-18(24)12-9-17(23)21(10-12)14-4-2-13(19)3-5-14/h2-8,12H,9-10H2,1H3,(H,20,24). The van der Waals surface area contributed by atoms with Crippen molar-refractivity contribution in [1.82, 2.24) is 0 Å². The molecule has 1 aliphatic rings. The first-order valence-corrected chi connectivity index (χ1v) is 7.97. The van der Waals surface area contributed by atoms with Crippen molar-refractivity contribution in [3.05, 3.63) is 64.0 Å². The van der Waals surface area contributed by atoms with E-state index in [0.29, 0.717) is 16.9 Å². The SMILES string of the molecule is Cc1cc([N+](=O)[O-])ccc1NC(=O)C1CC(=O)N(c2ccc(F)cc2)C1. The summed E-state index contributed by atoms with van der Waals surface area (Å²) in [6.07, 6.45) is 0.0508. The molecule has 1 fully saturated rings. The number of rotatable bonds is 4. The number of anilines is 2.